The van der Waals surface area contributed by atoms with Gasteiger partial charge in [-0.15, -0.1) is 0 Å². The van der Waals surface area contributed by atoms with Crippen LogP contribution < -0.4 is 0 Å². The highest BCUT2D eigenvalue weighted by atomic mass is 16.7. The van der Waals surface area contributed by atoms with Crippen molar-refractivity contribution in [1.29, 1.82) is 0 Å². The molecule has 0 aromatic carbocycles. The summed E-state index contributed by atoms with van der Waals surface area (Å²) >= 11 is 0. The second-order valence-corrected chi connectivity index (χ2v) is 14.1. The molecule has 3 heterocycles. The van der Waals surface area contributed by atoms with Crippen molar-refractivity contribution in [3.63, 3.8) is 0 Å². The molecule has 14 nitrogen and oxygen atoms in total. The predicted molar refractivity (Wildman–Crippen MR) is 158 cm³/mol. The monoisotopic (exact) mass is 666 g/mol. The van der Waals surface area contributed by atoms with E-state index in [1.807, 2.05) is 13.0 Å². The molecule has 1 N–H and O–H groups in total. The van der Waals surface area contributed by atoms with E-state index in [0.29, 0.717) is 12.8 Å². The fourth-order valence-corrected chi connectivity index (χ4v) is 8.78. The number of rotatable bonds is 9. The van der Waals surface area contributed by atoms with Crippen LogP contribution in [0.3, 0.4) is 0 Å². The number of aliphatic hydroxyl groups excluding tert-OH is 1. The summed E-state index contributed by atoms with van der Waals surface area (Å²) in [5.74, 6) is -4.41. The van der Waals surface area contributed by atoms with Crippen molar-refractivity contribution in [3.05, 3.63) is 12.3 Å². The third-order valence-electron chi connectivity index (χ3n) is 11.4. The fourth-order valence-electron chi connectivity index (χ4n) is 8.78. The Balaban J connectivity index is 1.60. The minimum atomic E-state index is -2.10. The van der Waals surface area contributed by atoms with E-state index >= 15 is 0 Å². The van der Waals surface area contributed by atoms with E-state index in [4.69, 9.17) is 37.9 Å². The van der Waals surface area contributed by atoms with E-state index in [9.17, 15) is 29.1 Å². The molecule has 0 unspecified atom stereocenters. The molecule has 1 spiro atoms. The molecule has 0 bridgehead atoms. The van der Waals surface area contributed by atoms with E-state index in [-0.39, 0.29) is 37.6 Å². The lowest BCUT2D eigenvalue weighted by Gasteiger charge is -2.65. The summed E-state index contributed by atoms with van der Waals surface area (Å²) in [7, 11) is 0. The number of carbonyl (C=O) groups excluding carboxylic acids is 5. The number of hydrogen-bond acceptors (Lipinski definition) is 14. The van der Waals surface area contributed by atoms with Crippen LogP contribution in [0, 0.1) is 28.6 Å². The Morgan fingerprint density at radius 1 is 1.00 bits per heavy atom. The molecular weight excluding hydrogens is 620 g/mol. The van der Waals surface area contributed by atoms with Gasteiger partial charge in [0, 0.05) is 39.0 Å². The molecule has 0 amide bonds. The molecule has 2 saturated heterocycles. The van der Waals surface area contributed by atoms with Crippen LogP contribution >= 0.6 is 0 Å². The lowest BCUT2D eigenvalue weighted by atomic mass is 9.41. The Kier molecular flexibility index (Phi) is 9.21. The van der Waals surface area contributed by atoms with Gasteiger partial charge in [-0.25, -0.2) is 4.79 Å². The van der Waals surface area contributed by atoms with Crippen LogP contribution in [0.15, 0.2) is 12.3 Å². The van der Waals surface area contributed by atoms with Gasteiger partial charge in [-0.3, -0.25) is 19.2 Å². The first-order valence-corrected chi connectivity index (χ1v) is 16.1. The lowest BCUT2D eigenvalue weighted by Crippen LogP contribution is -2.75. The molecule has 262 valence electrons. The number of carbonyl (C=O) groups is 5. The number of ether oxygens (including phenoxy) is 8. The molecular formula is C33H46O14. The zero-order chi connectivity index (χ0) is 34.7. The van der Waals surface area contributed by atoms with Crippen molar-refractivity contribution in [1.82, 2.24) is 0 Å². The zero-order valence-corrected chi connectivity index (χ0v) is 28.1. The molecule has 13 atom stereocenters. The summed E-state index contributed by atoms with van der Waals surface area (Å²) in [6.45, 7) is 11.2. The second kappa shape index (κ2) is 12.3. The number of aliphatic hydroxyl groups is 1. The highest BCUT2D eigenvalue weighted by Crippen LogP contribution is 2.70. The van der Waals surface area contributed by atoms with Crippen LogP contribution in [0.4, 0.5) is 0 Å². The first kappa shape index (κ1) is 35.1. The van der Waals surface area contributed by atoms with Crippen LogP contribution in [0.1, 0.15) is 74.7 Å². The average molecular weight is 667 g/mol. The molecule has 0 radical (unpaired) electrons. The summed E-state index contributed by atoms with van der Waals surface area (Å²) in [6.07, 6.45) is -1.06. The van der Waals surface area contributed by atoms with Crippen LogP contribution in [0.25, 0.3) is 0 Å². The summed E-state index contributed by atoms with van der Waals surface area (Å²) in [5.41, 5.74) is -5.59. The van der Waals surface area contributed by atoms with Gasteiger partial charge >= 0.3 is 29.8 Å². The van der Waals surface area contributed by atoms with Crippen molar-refractivity contribution in [2.24, 2.45) is 28.6 Å². The molecule has 2 saturated carbocycles. The highest BCUT2D eigenvalue weighted by Gasteiger charge is 2.82. The van der Waals surface area contributed by atoms with Gasteiger partial charge < -0.3 is 43.0 Å². The quantitative estimate of drug-likeness (QED) is 0.215. The maximum atomic E-state index is 14.0. The maximum Gasteiger partial charge on any atom is 0.354 e. The molecule has 3 aliphatic heterocycles. The van der Waals surface area contributed by atoms with Crippen molar-refractivity contribution in [2.45, 2.75) is 123 Å². The van der Waals surface area contributed by atoms with E-state index in [1.165, 1.54) is 27.7 Å². The van der Waals surface area contributed by atoms with Crippen molar-refractivity contribution in [2.75, 3.05) is 13.2 Å². The largest absolute Gasteiger partial charge is 0.472 e. The standard InChI is InChI=1S/C33H46O14/c1-16-11-26(44-20(5)36)32(14-41-18(3)34)24(30(16,7)25-12-22-9-10-40-28(22)45-25)13-23(38)27(33(32)15-42-33)46-29(39)31(8,47-21(6)37)17(2)43-19(4)35/h9-10,16-17,22-28,38H,11-15H2,1-8H3/t16-,17-,22-,23-,24-,25+,26+,27+,28-,30+,31-,32+,33-/m1/s1. The Labute approximate surface area is 273 Å². The fraction of sp³-hybridized carbons (Fsp3) is 0.788. The predicted octanol–water partition coefficient (Wildman–Crippen LogP) is 2.12. The van der Waals surface area contributed by atoms with E-state index in [1.54, 1.807) is 6.26 Å². The van der Waals surface area contributed by atoms with Gasteiger partial charge in [-0.05, 0) is 51.0 Å². The van der Waals surface area contributed by atoms with Gasteiger partial charge in [0.1, 0.15) is 24.4 Å². The van der Waals surface area contributed by atoms with Gasteiger partial charge in [0.2, 0.25) is 11.9 Å². The van der Waals surface area contributed by atoms with Crippen molar-refractivity contribution < 1.29 is 67.0 Å². The summed E-state index contributed by atoms with van der Waals surface area (Å²) in [6, 6.07) is 0. The van der Waals surface area contributed by atoms with Gasteiger partial charge in [0.05, 0.1) is 30.5 Å². The lowest BCUT2D eigenvalue weighted by molar-refractivity contribution is -0.286. The molecule has 5 rings (SSSR count). The maximum absolute atomic E-state index is 14.0. The Morgan fingerprint density at radius 2 is 1.68 bits per heavy atom. The number of epoxide rings is 1. The summed E-state index contributed by atoms with van der Waals surface area (Å²) < 4.78 is 46.8. The van der Waals surface area contributed by atoms with Crippen molar-refractivity contribution in [3.8, 4) is 0 Å². The Bertz CT molecular complexity index is 1320. The normalized spacial score (nSPS) is 41.7. The Morgan fingerprint density at radius 3 is 2.23 bits per heavy atom. The van der Waals surface area contributed by atoms with Gasteiger partial charge in [0.15, 0.2) is 6.10 Å². The molecule has 4 fully saturated rings. The summed E-state index contributed by atoms with van der Waals surface area (Å²) in [4.78, 5) is 62.9. The minimum absolute atomic E-state index is 0.0264. The molecule has 0 aromatic heterocycles. The van der Waals surface area contributed by atoms with Gasteiger partial charge in [-0.1, -0.05) is 13.8 Å². The van der Waals surface area contributed by atoms with Crippen LogP contribution in [-0.2, 0) is 61.9 Å². The SMILES string of the molecule is CC(=O)OC[C@@]12[C@@H](OC(C)=O)C[C@@H](C)[C@](C)([C@@H]3C[C@H]4C=CO[C@@H]4O3)[C@H]1C[C@@H](O)[C@H](OC(=O)[C@](C)(OC(C)=O)[C@@H](C)OC(C)=O)[C@]21CO1. The molecule has 5 aliphatic rings. The van der Waals surface area contributed by atoms with E-state index in [0.717, 1.165) is 13.8 Å². The highest BCUT2D eigenvalue weighted by molar-refractivity contribution is 5.84. The molecule has 47 heavy (non-hydrogen) atoms. The molecule has 0 aromatic rings. The Hall–Kier alpha value is -3.23. The first-order valence-electron chi connectivity index (χ1n) is 16.1. The van der Waals surface area contributed by atoms with Crippen LogP contribution in [-0.4, -0.2) is 96.2 Å². The smallest absolute Gasteiger partial charge is 0.354 e. The zero-order valence-electron chi connectivity index (χ0n) is 28.1. The van der Waals surface area contributed by atoms with Gasteiger partial charge in [-0.2, -0.15) is 0 Å². The summed E-state index contributed by atoms with van der Waals surface area (Å²) in [5, 5.41) is 11.9. The van der Waals surface area contributed by atoms with Gasteiger partial charge in [0.25, 0.3) is 0 Å². The van der Waals surface area contributed by atoms with Crippen molar-refractivity contribution >= 4 is 29.8 Å². The first-order chi connectivity index (χ1) is 21.9. The number of hydrogen-bond donors (Lipinski definition) is 1. The third kappa shape index (κ3) is 5.69. The van der Waals surface area contributed by atoms with Crippen LogP contribution in [0.5, 0.6) is 0 Å². The number of esters is 5. The molecule has 2 aliphatic carbocycles. The minimum Gasteiger partial charge on any atom is -0.472 e. The van der Waals surface area contributed by atoms with E-state index in [2.05, 4.69) is 6.92 Å². The van der Waals surface area contributed by atoms with E-state index < -0.39 is 88.5 Å². The molecule has 14 heteroatoms. The number of fused-ring (bicyclic) bond motifs is 3. The van der Waals surface area contributed by atoms with Crippen LogP contribution in [0.2, 0.25) is 0 Å². The topological polar surface area (TPSA) is 183 Å². The second-order valence-electron chi connectivity index (χ2n) is 14.1. The third-order valence-corrected chi connectivity index (χ3v) is 11.4. The average Bonchev–Trinajstić information content (AvgIpc) is 3.44.